The molecule has 2 atom stereocenters. The number of benzene rings is 1. The van der Waals surface area contributed by atoms with Crippen molar-refractivity contribution in [2.75, 3.05) is 26.7 Å². The van der Waals surface area contributed by atoms with Crippen molar-refractivity contribution >= 4 is 17.2 Å². The van der Waals surface area contributed by atoms with Crippen LogP contribution < -0.4 is 10.1 Å². The molecule has 1 aromatic carbocycles. The van der Waals surface area contributed by atoms with Gasteiger partial charge in [0.25, 0.3) is 5.91 Å². The second-order valence-corrected chi connectivity index (χ2v) is 10.6. The number of aryl methyl sites for hydroxylation is 1. The van der Waals surface area contributed by atoms with Gasteiger partial charge in [-0.3, -0.25) is 4.79 Å². The highest BCUT2D eigenvalue weighted by atomic mass is 32.1. The van der Waals surface area contributed by atoms with Crippen molar-refractivity contribution in [1.29, 1.82) is 0 Å². The summed E-state index contributed by atoms with van der Waals surface area (Å²) in [4.78, 5) is 27.1. The molecule has 0 saturated carbocycles. The van der Waals surface area contributed by atoms with E-state index >= 15 is 4.39 Å². The molecule has 0 bridgehead atoms. The van der Waals surface area contributed by atoms with E-state index in [1.807, 2.05) is 18.9 Å². The van der Waals surface area contributed by atoms with Crippen molar-refractivity contribution in [3.8, 4) is 16.3 Å². The van der Waals surface area contributed by atoms with Gasteiger partial charge in [0.05, 0.1) is 6.04 Å². The summed E-state index contributed by atoms with van der Waals surface area (Å²) in [7, 11) is 1.87. The van der Waals surface area contributed by atoms with Crippen LogP contribution in [-0.2, 0) is 6.18 Å². The third kappa shape index (κ3) is 6.80. The first kappa shape index (κ1) is 26.9. The van der Waals surface area contributed by atoms with E-state index in [9.17, 15) is 18.0 Å². The fraction of sp³-hybridized carbons (Fsp3) is 0.440. The Balaban J connectivity index is 1.54. The van der Waals surface area contributed by atoms with Gasteiger partial charge in [0.1, 0.15) is 17.4 Å². The summed E-state index contributed by atoms with van der Waals surface area (Å²) in [5.74, 6) is -1.41. The molecule has 2 aromatic heterocycles. The molecule has 0 spiro atoms. The van der Waals surface area contributed by atoms with Crippen molar-refractivity contribution in [2.24, 2.45) is 0 Å². The van der Waals surface area contributed by atoms with Gasteiger partial charge in [0.15, 0.2) is 5.67 Å². The van der Waals surface area contributed by atoms with Crippen LogP contribution in [0.3, 0.4) is 0 Å². The van der Waals surface area contributed by atoms with Gasteiger partial charge in [-0.2, -0.15) is 13.2 Å². The number of hydrogen-bond donors (Lipinski definition) is 1. The second kappa shape index (κ2) is 10.7. The Kier molecular flexibility index (Phi) is 7.79. The summed E-state index contributed by atoms with van der Waals surface area (Å²) >= 11 is 1.44. The van der Waals surface area contributed by atoms with E-state index in [0.29, 0.717) is 28.3 Å². The SMILES string of the molecule is Cc1cnc(-c2cc(OCC3(F)CCCN(C)C3)cc(C(=O)N[C@@H](C)c3cnc(C(F)(F)F)nc3)c2)s1. The second-order valence-electron chi connectivity index (χ2n) is 9.34. The van der Waals surface area contributed by atoms with Crippen molar-refractivity contribution in [2.45, 2.75) is 44.6 Å². The summed E-state index contributed by atoms with van der Waals surface area (Å²) in [6.07, 6.45) is 0.254. The summed E-state index contributed by atoms with van der Waals surface area (Å²) in [6.45, 7) is 4.46. The van der Waals surface area contributed by atoms with Crippen LogP contribution in [0, 0.1) is 6.92 Å². The smallest absolute Gasteiger partial charge is 0.451 e. The number of aromatic nitrogens is 3. The zero-order valence-corrected chi connectivity index (χ0v) is 21.4. The van der Waals surface area contributed by atoms with Gasteiger partial charge < -0.3 is 15.0 Å². The quantitative estimate of drug-likeness (QED) is 0.416. The molecule has 1 amide bonds. The number of ether oxygens (including phenoxy) is 1. The van der Waals surface area contributed by atoms with Crippen LogP contribution in [0.1, 0.15) is 52.4 Å². The monoisotopic (exact) mass is 537 g/mol. The number of thiazole rings is 1. The van der Waals surface area contributed by atoms with Gasteiger partial charge in [0, 0.05) is 46.7 Å². The number of amides is 1. The summed E-state index contributed by atoms with van der Waals surface area (Å²) in [5, 5.41) is 3.42. The lowest BCUT2D eigenvalue weighted by Gasteiger charge is -2.35. The van der Waals surface area contributed by atoms with Crippen molar-refractivity contribution in [3.05, 3.63) is 58.6 Å². The summed E-state index contributed by atoms with van der Waals surface area (Å²) in [5.41, 5.74) is -0.306. The molecule has 1 unspecified atom stereocenters. The molecule has 3 heterocycles. The van der Waals surface area contributed by atoms with E-state index < -0.39 is 29.6 Å². The summed E-state index contributed by atoms with van der Waals surface area (Å²) in [6, 6.07) is 4.22. The predicted octanol–water partition coefficient (Wildman–Crippen LogP) is 5.23. The first-order valence-corrected chi connectivity index (χ1v) is 12.5. The fourth-order valence-electron chi connectivity index (χ4n) is 4.13. The number of carbonyl (C=O) groups is 1. The van der Waals surface area contributed by atoms with Gasteiger partial charge in [-0.25, -0.2) is 19.3 Å². The Bertz CT molecular complexity index is 1250. The Labute approximate surface area is 215 Å². The van der Waals surface area contributed by atoms with Crippen LogP contribution in [0.2, 0.25) is 0 Å². The largest absolute Gasteiger partial charge is 0.490 e. The minimum atomic E-state index is -4.65. The van der Waals surface area contributed by atoms with Gasteiger partial charge >= 0.3 is 6.18 Å². The molecule has 37 heavy (non-hydrogen) atoms. The normalized spacial score (nSPS) is 19.4. The molecule has 1 fully saturated rings. The van der Waals surface area contributed by atoms with Gasteiger partial charge in [-0.05, 0) is 58.5 Å². The van der Waals surface area contributed by atoms with Gasteiger partial charge in [0.2, 0.25) is 5.82 Å². The molecule has 1 saturated heterocycles. The highest BCUT2D eigenvalue weighted by Gasteiger charge is 2.36. The number of nitrogens with zero attached hydrogens (tertiary/aromatic N) is 4. The maximum atomic E-state index is 15.3. The standard InChI is InChI=1S/C25H27F4N5O2S/c1-15-10-30-22(37-15)18-7-17(8-20(9-18)36-14-24(26)5-4-6-34(3)13-24)21(35)33-16(2)19-11-31-23(32-12-19)25(27,28)29/h7-12,16H,4-6,13-14H2,1-3H3,(H,33,35)/t16-,24?/m0/s1. The molecule has 0 aliphatic carbocycles. The van der Waals surface area contributed by atoms with Crippen LogP contribution in [0.4, 0.5) is 17.6 Å². The van der Waals surface area contributed by atoms with E-state index in [0.717, 1.165) is 30.2 Å². The molecular weight excluding hydrogens is 510 g/mol. The van der Waals surface area contributed by atoms with E-state index in [2.05, 4.69) is 20.3 Å². The zero-order chi connectivity index (χ0) is 26.8. The topological polar surface area (TPSA) is 80.2 Å². The Morgan fingerprint density at radius 3 is 2.57 bits per heavy atom. The average molecular weight is 538 g/mol. The predicted molar refractivity (Wildman–Crippen MR) is 131 cm³/mol. The molecule has 4 rings (SSSR count). The Hall–Kier alpha value is -3.12. The molecule has 1 aliphatic heterocycles. The lowest BCUT2D eigenvalue weighted by Crippen LogP contribution is -2.47. The zero-order valence-electron chi connectivity index (χ0n) is 20.6. The lowest BCUT2D eigenvalue weighted by molar-refractivity contribution is -0.145. The maximum Gasteiger partial charge on any atom is 0.451 e. The number of alkyl halides is 4. The number of rotatable bonds is 7. The number of piperidine rings is 1. The van der Waals surface area contributed by atoms with Gasteiger partial charge in [-0.1, -0.05) is 0 Å². The molecule has 1 aliphatic rings. The summed E-state index contributed by atoms with van der Waals surface area (Å²) < 4.78 is 59.4. The molecular formula is C25H27F4N5O2S. The average Bonchev–Trinajstić information content (AvgIpc) is 3.28. The van der Waals surface area contributed by atoms with Crippen molar-refractivity contribution in [3.63, 3.8) is 0 Å². The van der Waals surface area contributed by atoms with Crippen LogP contribution >= 0.6 is 11.3 Å². The molecule has 12 heteroatoms. The van der Waals surface area contributed by atoms with E-state index in [-0.39, 0.29) is 18.7 Å². The lowest BCUT2D eigenvalue weighted by atomic mass is 9.96. The van der Waals surface area contributed by atoms with E-state index in [1.165, 1.54) is 17.4 Å². The van der Waals surface area contributed by atoms with Gasteiger partial charge in [-0.15, -0.1) is 11.3 Å². The minimum absolute atomic E-state index is 0.155. The molecule has 7 nitrogen and oxygen atoms in total. The van der Waals surface area contributed by atoms with Crippen LogP contribution in [0.15, 0.2) is 36.8 Å². The van der Waals surface area contributed by atoms with Crippen LogP contribution in [-0.4, -0.2) is 58.2 Å². The third-order valence-corrected chi connectivity index (χ3v) is 6.99. The van der Waals surface area contributed by atoms with Crippen molar-refractivity contribution in [1.82, 2.24) is 25.2 Å². The molecule has 198 valence electrons. The highest BCUT2D eigenvalue weighted by Crippen LogP contribution is 2.32. The Morgan fingerprint density at radius 2 is 1.95 bits per heavy atom. The van der Waals surface area contributed by atoms with E-state index in [4.69, 9.17) is 4.74 Å². The molecule has 0 radical (unpaired) electrons. The minimum Gasteiger partial charge on any atom is -0.490 e. The fourth-order valence-corrected chi connectivity index (χ4v) is 4.89. The number of hydrogen-bond acceptors (Lipinski definition) is 7. The first-order chi connectivity index (χ1) is 17.4. The Morgan fingerprint density at radius 1 is 1.22 bits per heavy atom. The molecule has 3 aromatic rings. The van der Waals surface area contributed by atoms with Crippen LogP contribution in [0.25, 0.3) is 10.6 Å². The maximum absolute atomic E-state index is 15.3. The van der Waals surface area contributed by atoms with Crippen molar-refractivity contribution < 1.29 is 27.1 Å². The molecule has 1 N–H and O–H groups in total. The highest BCUT2D eigenvalue weighted by molar-refractivity contribution is 7.14. The van der Waals surface area contributed by atoms with Crippen LogP contribution in [0.5, 0.6) is 5.75 Å². The number of halogens is 4. The number of nitrogens with one attached hydrogen (secondary N) is 1. The number of carbonyl (C=O) groups excluding carboxylic acids is 1. The van der Waals surface area contributed by atoms with E-state index in [1.54, 1.807) is 25.3 Å². The first-order valence-electron chi connectivity index (χ1n) is 11.7. The number of likely N-dealkylation sites (tertiary alicyclic amines) is 1. The third-order valence-electron chi connectivity index (χ3n) is 6.03.